The van der Waals surface area contributed by atoms with E-state index in [0.717, 1.165) is 24.0 Å². The summed E-state index contributed by atoms with van der Waals surface area (Å²) in [5, 5.41) is 4.15. The van der Waals surface area contributed by atoms with Gasteiger partial charge in [0.1, 0.15) is 0 Å². The van der Waals surface area contributed by atoms with Crippen LogP contribution in [0.2, 0.25) is 0 Å². The molecule has 4 rings (SSSR count). The molecule has 0 aliphatic carbocycles. The van der Waals surface area contributed by atoms with Crippen LogP contribution in [-0.2, 0) is 0 Å². The van der Waals surface area contributed by atoms with Crippen molar-refractivity contribution in [2.24, 2.45) is 0 Å². The van der Waals surface area contributed by atoms with Crippen molar-refractivity contribution in [3.05, 3.63) is 59.5 Å². The van der Waals surface area contributed by atoms with Crippen LogP contribution >= 0.6 is 0 Å². The number of benzene rings is 2. The van der Waals surface area contributed by atoms with Gasteiger partial charge in [-0.15, -0.1) is 0 Å². The van der Waals surface area contributed by atoms with Gasteiger partial charge in [-0.25, -0.2) is 0 Å². The second-order valence-electron chi connectivity index (χ2n) is 8.37. The van der Waals surface area contributed by atoms with Crippen LogP contribution in [0.25, 0.3) is 11.4 Å². The third-order valence-corrected chi connectivity index (χ3v) is 6.04. The number of methoxy groups -OCH3 is 2. The zero-order valence-corrected chi connectivity index (χ0v) is 19.0. The lowest BCUT2D eigenvalue weighted by Gasteiger charge is -2.30. The van der Waals surface area contributed by atoms with Gasteiger partial charge in [0.2, 0.25) is 11.7 Å². The van der Waals surface area contributed by atoms with Gasteiger partial charge in [-0.2, -0.15) is 4.98 Å². The molecule has 0 N–H and O–H groups in total. The van der Waals surface area contributed by atoms with Crippen molar-refractivity contribution < 1.29 is 18.8 Å². The Labute approximate surface area is 188 Å². The van der Waals surface area contributed by atoms with Gasteiger partial charge in [0.25, 0.3) is 5.91 Å². The number of rotatable bonds is 6. The topological polar surface area (TPSA) is 77.7 Å². The molecule has 0 radical (unpaired) electrons. The number of aromatic nitrogens is 2. The van der Waals surface area contributed by atoms with E-state index in [-0.39, 0.29) is 11.8 Å². The Morgan fingerprint density at radius 1 is 1.03 bits per heavy atom. The van der Waals surface area contributed by atoms with E-state index < -0.39 is 0 Å². The molecular weight excluding hydrogens is 406 g/mol. The monoisotopic (exact) mass is 435 g/mol. The van der Waals surface area contributed by atoms with Crippen molar-refractivity contribution in [2.75, 3.05) is 27.3 Å². The average molecular weight is 436 g/mol. The maximum Gasteiger partial charge on any atom is 0.253 e. The maximum atomic E-state index is 12.9. The van der Waals surface area contributed by atoms with Crippen LogP contribution in [0.5, 0.6) is 11.5 Å². The number of likely N-dealkylation sites (tertiary alicyclic amines) is 1. The Morgan fingerprint density at radius 2 is 1.72 bits per heavy atom. The summed E-state index contributed by atoms with van der Waals surface area (Å²) in [4.78, 5) is 19.4. The minimum Gasteiger partial charge on any atom is -0.493 e. The molecule has 168 valence electrons. The van der Waals surface area contributed by atoms with E-state index in [1.54, 1.807) is 14.2 Å². The van der Waals surface area contributed by atoms with E-state index in [0.29, 0.717) is 42.2 Å². The quantitative estimate of drug-likeness (QED) is 0.548. The van der Waals surface area contributed by atoms with Crippen LogP contribution in [0.15, 0.2) is 47.0 Å². The molecule has 7 heteroatoms. The summed E-state index contributed by atoms with van der Waals surface area (Å²) in [5.41, 5.74) is 2.78. The first-order valence-electron chi connectivity index (χ1n) is 11.0. The summed E-state index contributed by atoms with van der Waals surface area (Å²) in [6.07, 6.45) is 1.59. The number of carbonyl (C=O) groups is 1. The summed E-state index contributed by atoms with van der Waals surface area (Å²) in [6.45, 7) is 5.64. The van der Waals surface area contributed by atoms with E-state index in [1.165, 1.54) is 5.56 Å². The first-order valence-corrected chi connectivity index (χ1v) is 11.0. The molecule has 0 unspecified atom stereocenters. The van der Waals surface area contributed by atoms with E-state index in [1.807, 2.05) is 47.4 Å². The minimum atomic E-state index is 0.0790. The smallest absolute Gasteiger partial charge is 0.253 e. The lowest BCUT2D eigenvalue weighted by molar-refractivity contribution is 0.0704. The predicted molar refractivity (Wildman–Crippen MR) is 121 cm³/mol. The third-order valence-electron chi connectivity index (χ3n) is 6.04. The van der Waals surface area contributed by atoms with Crippen molar-refractivity contribution in [2.45, 2.75) is 38.5 Å². The first-order chi connectivity index (χ1) is 15.5. The zero-order valence-electron chi connectivity index (χ0n) is 19.0. The molecule has 1 amide bonds. The van der Waals surface area contributed by atoms with Gasteiger partial charge in [0.05, 0.1) is 14.2 Å². The van der Waals surface area contributed by atoms with Crippen LogP contribution in [-0.4, -0.2) is 48.3 Å². The molecule has 2 aromatic carbocycles. The van der Waals surface area contributed by atoms with Gasteiger partial charge in [0, 0.05) is 30.1 Å². The highest BCUT2D eigenvalue weighted by molar-refractivity contribution is 5.94. The average Bonchev–Trinajstić information content (AvgIpc) is 3.33. The third kappa shape index (κ3) is 4.47. The van der Waals surface area contributed by atoms with E-state index in [4.69, 9.17) is 14.0 Å². The van der Waals surface area contributed by atoms with Crippen LogP contribution < -0.4 is 9.47 Å². The fourth-order valence-corrected chi connectivity index (χ4v) is 4.02. The lowest BCUT2D eigenvalue weighted by Crippen LogP contribution is -2.38. The van der Waals surface area contributed by atoms with Crippen molar-refractivity contribution in [3.8, 4) is 22.9 Å². The molecule has 0 atom stereocenters. The highest BCUT2D eigenvalue weighted by Crippen LogP contribution is 2.33. The molecule has 7 nitrogen and oxygen atoms in total. The zero-order chi connectivity index (χ0) is 22.7. The Hall–Kier alpha value is -3.35. The predicted octanol–water partition coefficient (Wildman–Crippen LogP) is 4.90. The van der Waals surface area contributed by atoms with Crippen LogP contribution in [0, 0.1) is 0 Å². The van der Waals surface area contributed by atoms with Crippen LogP contribution in [0.1, 0.15) is 60.3 Å². The summed E-state index contributed by atoms with van der Waals surface area (Å²) in [7, 11) is 3.19. The molecule has 0 saturated carbocycles. The van der Waals surface area contributed by atoms with Crippen LogP contribution in [0.4, 0.5) is 0 Å². The molecule has 2 heterocycles. The highest BCUT2D eigenvalue weighted by atomic mass is 16.5. The number of hydrogen-bond donors (Lipinski definition) is 0. The van der Waals surface area contributed by atoms with Gasteiger partial charge >= 0.3 is 0 Å². The molecule has 1 aromatic heterocycles. The lowest BCUT2D eigenvalue weighted by atomic mass is 9.96. The van der Waals surface area contributed by atoms with Gasteiger partial charge in [0.15, 0.2) is 11.5 Å². The second-order valence-corrected chi connectivity index (χ2v) is 8.37. The fourth-order valence-electron chi connectivity index (χ4n) is 4.02. The number of nitrogens with zero attached hydrogens (tertiary/aromatic N) is 3. The molecule has 3 aromatic rings. The molecule has 0 bridgehead atoms. The maximum absolute atomic E-state index is 12.9. The fraction of sp³-hybridized carbons (Fsp3) is 0.400. The minimum absolute atomic E-state index is 0.0790. The molecule has 1 aliphatic rings. The van der Waals surface area contributed by atoms with Crippen LogP contribution in [0.3, 0.4) is 0 Å². The van der Waals surface area contributed by atoms with Gasteiger partial charge in [-0.1, -0.05) is 31.1 Å². The highest BCUT2D eigenvalue weighted by Gasteiger charge is 2.28. The molecule has 1 fully saturated rings. The first kappa shape index (κ1) is 21.9. The molecular formula is C25H29N3O4. The van der Waals surface area contributed by atoms with Crippen molar-refractivity contribution >= 4 is 5.91 Å². The molecule has 1 aliphatic heterocycles. The molecule has 1 saturated heterocycles. The summed E-state index contributed by atoms with van der Waals surface area (Å²) < 4.78 is 16.2. The standard InChI is InChI=1S/C25H29N3O4/c1-16(2)17-5-7-19(8-6-17)25(29)28-13-11-18(12-14-28)24-26-23(27-32-24)20-9-10-21(30-3)22(15-20)31-4/h5-10,15-16,18H,11-14H2,1-4H3. The largest absolute Gasteiger partial charge is 0.493 e. The molecule has 0 spiro atoms. The van der Waals surface area contributed by atoms with Crippen molar-refractivity contribution in [3.63, 3.8) is 0 Å². The Balaban J connectivity index is 1.40. The molecule has 32 heavy (non-hydrogen) atoms. The van der Waals surface area contributed by atoms with E-state index in [9.17, 15) is 4.79 Å². The number of carbonyl (C=O) groups excluding carboxylic acids is 1. The second kappa shape index (κ2) is 9.42. The van der Waals surface area contributed by atoms with Gasteiger partial charge in [-0.3, -0.25) is 4.79 Å². The number of piperidine rings is 1. The van der Waals surface area contributed by atoms with Gasteiger partial charge < -0.3 is 18.9 Å². The number of hydrogen-bond acceptors (Lipinski definition) is 6. The summed E-state index contributed by atoms with van der Waals surface area (Å²) in [5.74, 6) is 3.07. The van der Waals surface area contributed by atoms with Crippen molar-refractivity contribution in [1.29, 1.82) is 0 Å². The Kier molecular flexibility index (Phi) is 6.44. The van der Waals surface area contributed by atoms with E-state index >= 15 is 0 Å². The van der Waals surface area contributed by atoms with E-state index in [2.05, 4.69) is 24.0 Å². The number of ether oxygens (including phenoxy) is 2. The number of amides is 1. The normalized spacial score (nSPS) is 14.6. The Bertz CT molecular complexity index is 1070. The SMILES string of the molecule is COc1ccc(-c2noc(C3CCN(C(=O)c4ccc(C(C)C)cc4)CC3)n2)cc1OC. The summed E-state index contributed by atoms with van der Waals surface area (Å²) in [6, 6.07) is 13.5. The van der Waals surface area contributed by atoms with Gasteiger partial charge in [-0.05, 0) is 54.7 Å². The van der Waals surface area contributed by atoms with Crippen molar-refractivity contribution in [1.82, 2.24) is 15.0 Å². The Morgan fingerprint density at radius 3 is 2.34 bits per heavy atom. The summed E-state index contributed by atoms with van der Waals surface area (Å²) >= 11 is 0.